The van der Waals surface area contributed by atoms with E-state index < -0.39 is 10.0 Å². The third-order valence-electron chi connectivity index (χ3n) is 4.49. The van der Waals surface area contributed by atoms with E-state index >= 15 is 0 Å². The van der Waals surface area contributed by atoms with Crippen LogP contribution in [0.15, 0.2) is 23.2 Å². The zero-order valence-electron chi connectivity index (χ0n) is 15.0. The topological polar surface area (TPSA) is 106 Å². The van der Waals surface area contributed by atoms with E-state index in [1.807, 2.05) is 18.2 Å². The Morgan fingerprint density at radius 1 is 1.27 bits per heavy atom. The van der Waals surface area contributed by atoms with Crippen LogP contribution in [-0.2, 0) is 10.0 Å². The smallest absolute Gasteiger partial charge is 0.211 e. The number of nitrogens with one attached hydrogen (secondary N) is 1. The number of piperidine rings is 1. The van der Waals surface area contributed by atoms with Gasteiger partial charge < -0.3 is 20.5 Å². The van der Waals surface area contributed by atoms with Gasteiger partial charge in [0.25, 0.3) is 0 Å². The Labute approximate surface area is 154 Å². The average molecular weight is 382 g/mol. The number of nitrogens with zero attached hydrogens (tertiary/aromatic N) is 2. The number of nitrogens with two attached hydrogens (primary N) is 1. The third kappa shape index (κ3) is 4.79. The summed E-state index contributed by atoms with van der Waals surface area (Å²) in [6, 6.07) is 5.37. The molecule has 8 nitrogen and oxygen atoms in total. The van der Waals surface area contributed by atoms with Gasteiger partial charge in [0.1, 0.15) is 0 Å². The summed E-state index contributed by atoms with van der Waals surface area (Å²) in [5, 5.41) is 3.03. The van der Waals surface area contributed by atoms with Crippen molar-refractivity contribution in [2.75, 3.05) is 37.9 Å². The Kier molecular flexibility index (Phi) is 5.87. The predicted octanol–water partition coefficient (Wildman–Crippen LogP) is 1.39. The van der Waals surface area contributed by atoms with Gasteiger partial charge in [-0.2, -0.15) is 4.31 Å². The normalized spacial score (nSPS) is 21.9. The lowest BCUT2D eigenvalue weighted by Crippen LogP contribution is -2.45. The largest absolute Gasteiger partial charge is 0.490 e. The van der Waals surface area contributed by atoms with Crippen LogP contribution in [0.4, 0.5) is 5.69 Å². The van der Waals surface area contributed by atoms with E-state index in [0.29, 0.717) is 32.1 Å². The molecule has 0 aliphatic carbocycles. The maximum atomic E-state index is 11.9. The van der Waals surface area contributed by atoms with Crippen molar-refractivity contribution in [1.29, 1.82) is 0 Å². The second-order valence-corrected chi connectivity index (χ2v) is 8.52. The van der Waals surface area contributed by atoms with Crippen molar-refractivity contribution < 1.29 is 17.9 Å². The van der Waals surface area contributed by atoms with Gasteiger partial charge in [-0.15, -0.1) is 0 Å². The molecule has 0 bridgehead atoms. The fourth-order valence-electron chi connectivity index (χ4n) is 3.23. The highest BCUT2D eigenvalue weighted by Gasteiger charge is 2.29. The van der Waals surface area contributed by atoms with Crippen LogP contribution in [-0.4, -0.2) is 57.3 Å². The Bertz CT molecular complexity index is 766. The number of guanidine groups is 1. The highest BCUT2D eigenvalue weighted by atomic mass is 32.2. The van der Waals surface area contributed by atoms with Gasteiger partial charge in [-0.1, -0.05) is 6.42 Å². The maximum Gasteiger partial charge on any atom is 0.211 e. The highest BCUT2D eigenvalue weighted by Crippen LogP contribution is 2.32. The zero-order valence-corrected chi connectivity index (χ0v) is 15.8. The lowest BCUT2D eigenvalue weighted by Gasteiger charge is -2.32. The molecule has 0 saturated carbocycles. The fourth-order valence-corrected chi connectivity index (χ4v) is 4.40. The minimum absolute atomic E-state index is 0.136. The molecule has 0 spiro atoms. The summed E-state index contributed by atoms with van der Waals surface area (Å²) >= 11 is 0. The first-order valence-corrected chi connectivity index (χ1v) is 10.7. The fraction of sp³-hybridized carbons (Fsp3) is 0.588. The molecule has 1 aromatic carbocycles. The average Bonchev–Trinajstić information content (AvgIpc) is 2.84. The van der Waals surface area contributed by atoms with Crippen molar-refractivity contribution >= 4 is 21.7 Å². The van der Waals surface area contributed by atoms with E-state index in [1.54, 1.807) is 0 Å². The summed E-state index contributed by atoms with van der Waals surface area (Å²) < 4.78 is 36.6. The number of ether oxygens (including phenoxy) is 2. The second-order valence-electron chi connectivity index (χ2n) is 6.59. The van der Waals surface area contributed by atoms with E-state index in [9.17, 15) is 8.42 Å². The number of aliphatic imine (C=N–C) groups is 1. The van der Waals surface area contributed by atoms with E-state index in [1.165, 1.54) is 10.6 Å². The SMILES string of the molecule is CS(=O)(=O)N1CCCCC1CN=C(N)Nc1ccc2c(c1)OCCCO2. The molecule has 2 heterocycles. The molecule has 3 rings (SSSR count). The minimum atomic E-state index is -3.22. The monoisotopic (exact) mass is 382 g/mol. The number of fused-ring (bicyclic) bond motifs is 1. The van der Waals surface area contributed by atoms with E-state index in [2.05, 4.69) is 10.3 Å². The summed E-state index contributed by atoms with van der Waals surface area (Å²) in [5.41, 5.74) is 6.73. The number of hydrogen-bond donors (Lipinski definition) is 2. The molecule has 9 heteroatoms. The molecule has 26 heavy (non-hydrogen) atoms. The van der Waals surface area contributed by atoms with Gasteiger partial charge in [0.15, 0.2) is 17.5 Å². The summed E-state index contributed by atoms with van der Waals surface area (Å²) in [6.45, 7) is 2.15. The molecule has 2 aliphatic rings. The van der Waals surface area contributed by atoms with Gasteiger partial charge in [0.2, 0.25) is 10.0 Å². The van der Waals surface area contributed by atoms with Crippen LogP contribution in [0, 0.1) is 0 Å². The molecule has 3 N–H and O–H groups in total. The minimum Gasteiger partial charge on any atom is -0.490 e. The van der Waals surface area contributed by atoms with Gasteiger partial charge in [-0.05, 0) is 25.0 Å². The molecule has 1 aromatic rings. The molecule has 2 aliphatic heterocycles. The maximum absolute atomic E-state index is 11.9. The molecule has 0 aromatic heterocycles. The lowest BCUT2D eigenvalue weighted by molar-refractivity contribution is 0.259. The molecule has 0 radical (unpaired) electrons. The predicted molar refractivity (Wildman–Crippen MR) is 101 cm³/mol. The molecule has 1 fully saturated rings. The van der Waals surface area contributed by atoms with Crippen LogP contribution >= 0.6 is 0 Å². The van der Waals surface area contributed by atoms with Crippen LogP contribution in [0.3, 0.4) is 0 Å². The van der Waals surface area contributed by atoms with Crippen molar-refractivity contribution in [2.45, 2.75) is 31.7 Å². The number of rotatable bonds is 4. The third-order valence-corrected chi connectivity index (χ3v) is 5.82. The van der Waals surface area contributed by atoms with Crippen molar-refractivity contribution in [2.24, 2.45) is 10.7 Å². The van der Waals surface area contributed by atoms with E-state index in [4.69, 9.17) is 15.2 Å². The Balaban J connectivity index is 1.64. The number of sulfonamides is 1. The molecule has 144 valence electrons. The standard InChI is InChI=1S/C17H26N4O4S/c1-26(22,23)21-8-3-2-5-14(21)12-19-17(18)20-13-6-7-15-16(11-13)25-10-4-9-24-15/h6-7,11,14H,2-5,8-10,12H2,1H3,(H3,18,19,20). The molecule has 1 saturated heterocycles. The van der Waals surface area contributed by atoms with Crippen molar-refractivity contribution in [3.63, 3.8) is 0 Å². The van der Waals surface area contributed by atoms with Crippen LogP contribution in [0.1, 0.15) is 25.7 Å². The van der Waals surface area contributed by atoms with Crippen LogP contribution in [0.2, 0.25) is 0 Å². The van der Waals surface area contributed by atoms with Crippen molar-refractivity contribution in [3.8, 4) is 11.5 Å². The second kappa shape index (κ2) is 8.13. The number of benzene rings is 1. The molecule has 0 amide bonds. The first-order valence-electron chi connectivity index (χ1n) is 8.87. The highest BCUT2D eigenvalue weighted by molar-refractivity contribution is 7.88. The van der Waals surface area contributed by atoms with Gasteiger partial charge >= 0.3 is 0 Å². The number of hydrogen-bond acceptors (Lipinski definition) is 5. The molecule has 1 unspecified atom stereocenters. The zero-order chi connectivity index (χ0) is 18.6. The summed E-state index contributed by atoms with van der Waals surface area (Å²) in [4.78, 5) is 4.34. The Morgan fingerprint density at radius 3 is 2.81 bits per heavy atom. The van der Waals surface area contributed by atoms with Crippen molar-refractivity contribution in [3.05, 3.63) is 18.2 Å². The number of anilines is 1. The summed E-state index contributed by atoms with van der Waals surface area (Å²) in [7, 11) is -3.22. The van der Waals surface area contributed by atoms with Crippen LogP contribution in [0.5, 0.6) is 11.5 Å². The van der Waals surface area contributed by atoms with Crippen LogP contribution < -0.4 is 20.5 Å². The molecule has 1 atom stereocenters. The Hall–Kier alpha value is -2.00. The first kappa shape index (κ1) is 18.8. The summed E-state index contributed by atoms with van der Waals surface area (Å²) in [5.74, 6) is 1.64. The van der Waals surface area contributed by atoms with Gasteiger partial charge in [0.05, 0.1) is 26.0 Å². The van der Waals surface area contributed by atoms with Crippen LogP contribution in [0.25, 0.3) is 0 Å². The lowest BCUT2D eigenvalue weighted by atomic mass is 10.1. The molecular formula is C17H26N4O4S. The summed E-state index contributed by atoms with van der Waals surface area (Å²) in [6.07, 6.45) is 4.78. The first-order chi connectivity index (χ1) is 12.4. The van der Waals surface area contributed by atoms with Crippen molar-refractivity contribution in [1.82, 2.24) is 4.31 Å². The van der Waals surface area contributed by atoms with E-state index in [0.717, 1.165) is 37.1 Å². The van der Waals surface area contributed by atoms with Gasteiger partial charge in [0, 0.05) is 30.8 Å². The van der Waals surface area contributed by atoms with E-state index in [-0.39, 0.29) is 12.0 Å². The van der Waals surface area contributed by atoms with Gasteiger partial charge in [-0.3, -0.25) is 4.99 Å². The van der Waals surface area contributed by atoms with Gasteiger partial charge in [-0.25, -0.2) is 8.42 Å². The quantitative estimate of drug-likeness (QED) is 0.602. The Morgan fingerprint density at radius 2 is 2.04 bits per heavy atom. The molecular weight excluding hydrogens is 356 g/mol.